The third-order valence-electron chi connectivity index (χ3n) is 3.64. The Labute approximate surface area is 153 Å². The molecule has 136 valence electrons. The molecule has 0 aliphatic carbocycles. The number of ether oxygens (including phenoxy) is 3. The van der Waals surface area contributed by atoms with E-state index in [2.05, 4.69) is 5.32 Å². The van der Waals surface area contributed by atoms with Gasteiger partial charge >= 0.3 is 0 Å². The highest BCUT2D eigenvalue weighted by Crippen LogP contribution is 2.18. The van der Waals surface area contributed by atoms with Crippen LogP contribution >= 0.6 is 0 Å². The van der Waals surface area contributed by atoms with E-state index in [0.29, 0.717) is 33.0 Å². The number of hydrogen-bond acceptors (Lipinski definition) is 5. The Morgan fingerprint density at radius 3 is 2.23 bits per heavy atom. The summed E-state index contributed by atoms with van der Waals surface area (Å²) in [5.41, 5.74) is 1.14. The first kappa shape index (κ1) is 17.9. The van der Waals surface area contributed by atoms with Crippen molar-refractivity contribution in [2.45, 2.75) is 6.61 Å². The zero-order valence-electron chi connectivity index (χ0n) is 14.6. The molecule has 0 spiro atoms. The Kier molecular flexibility index (Phi) is 6.99. The van der Waals surface area contributed by atoms with Crippen molar-refractivity contribution in [2.24, 2.45) is 0 Å². The monoisotopic (exact) mass is 353 g/mol. The molecule has 0 saturated heterocycles. The number of rotatable bonds is 11. The molecule has 5 nitrogen and oxygen atoms in total. The molecule has 0 unspecified atom stereocenters. The average molecular weight is 353 g/mol. The van der Waals surface area contributed by atoms with Crippen molar-refractivity contribution in [3.63, 3.8) is 0 Å². The largest absolute Gasteiger partial charge is 0.491 e. The van der Waals surface area contributed by atoms with Gasteiger partial charge in [-0.05, 0) is 35.9 Å². The molecule has 2 aromatic carbocycles. The van der Waals surface area contributed by atoms with E-state index >= 15 is 0 Å². The fraction of sp³-hybridized carbons (Fsp3) is 0.238. The van der Waals surface area contributed by atoms with Crippen LogP contribution in [0.1, 0.15) is 5.56 Å². The van der Waals surface area contributed by atoms with Gasteiger partial charge in [-0.1, -0.05) is 30.3 Å². The average Bonchev–Trinajstić information content (AvgIpc) is 3.21. The first-order valence-electron chi connectivity index (χ1n) is 8.65. The molecule has 0 aliphatic heterocycles. The highest BCUT2D eigenvalue weighted by molar-refractivity contribution is 5.31. The standard InChI is InChI=1S/C21H23NO4/c1-2-5-18(6-3-1)17-26-20-10-8-19(9-11-20)24-16-15-23-14-12-22-21-7-4-13-25-21/h1-11,13,22H,12,14-17H2. The molecular weight excluding hydrogens is 330 g/mol. The van der Waals surface area contributed by atoms with Crippen molar-refractivity contribution >= 4 is 5.88 Å². The molecule has 0 fully saturated rings. The second-order valence-corrected chi connectivity index (χ2v) is 5.61. The summed E-state index contributed by atoms with van der Waals surface area (Å²) < 4.78 is 22.1. The van der Waals surface area contributed by atoms with Gasteiger partial charge in [0, 0.05) is 12.6 Å². The summed E-state index contributed by atoms with van der Waals surface area (Å²) in [5.74, 6) is 2.37. The maximum Gasteiger partial charge on any atom is 0.192 e. The highest BCUT2D eigenvalue weighted by atomic mass is 16.5. The van der Waals surface area contributed by atoms with Crippen molar-refractivity contribution in [1.82, 2.24) is 0 Å². The van der Waals surface area contributed by atoms with E-state index in [1.54, 1.807) is 6.26 Å². The number of hydrogen-bond donors (Lipinski definition) is 1. The van der Waals surface area contributed by atoms with Gasteiger partial charge < -0.3 is 23.9 Å². The normalized spacial score (nSPS) is 10.5. The maximum atomic E-state index is 5.75. The van der Waals surface area contributed by atoms with Crippen molar-refractivity contribution < 1.29 is 18.6 Å². The minimum atomic E-state index is 0.505. The van der Waals surface area contributed by atoms with Crippen LogP contribution in [0.2, 0.25) is 0 Å². The van der Waals surface area contributed by atoms with Crippen molar-refractivity contribution in [3.8, 4) is 11.5 Å². The number of benzene rings is 2. The molecule has 0 amide bonds. The molecular formula is C21H23NO4. The lowest BCUT2D eigenvalue weighted by Crippen LogP contribution is -2.13. The van der Waals surface area contributed by atoms with Crippen molar-refractivity contribution in [1.29, 1.82) is 0 Å². The molecule has 1 aromatic heterocycles. The van der Waals surface area contributed by atoms with E-state index in [-0.39, 0.29) is 0 Å². The van der Waals surface area contributed by atoms with Gasteiger partial charge in [0.25, 0.3) is 0 Å². The van der Waals surface area contributed by atoms with E-state index in [1.807, 2.05) is 66.7 Å². The van der Waals surface area contributed by atoms with Gasteiger partial charge in [0.1, 0.15) is 24.7 Å². The van der Waals surface area contributed by atoms with E-state index in [4.69, 9.17) is 18.6 Å². The summed E-state index contributed by atoms with van der Waals surface area (Å²) in [7, 11) is 0. The van der Waals surface area contributed by atoms with Gasteiger partial charge in [0.2, 0.25) is 0 Å². The quantitative estimate of drug-likeness (QED) is 0.519. The lowest BCUT2D eigenvalue weighted by molar-refractivity contribution is 0.107. The second kappa shape index (κ2) is 10.2. The first-order chi connectivity index (χ1) is 12.9. The Morgan fingerprint density at radius 1 is 0.731 bits per heavy atom. The summed E-state index contributed by atoms with van der Waals surface area (Å²) in [4.78, 5) is 0. The predicted molar refractivity (Wildman–Crippen MR) is 101 cm³/mol. The molecule has 3 aromatic rings. The Morgan fingerprint density at radius 2 is 1.50 bits per heavy atom. The molecule has 3 rings (SSSR count). The zero-order valence-corrected chi connectivity index (χ0v) is 14.6. The summed E-state index contributed by atoms with van der Waals surface area (Å²) >= 11 is 0. The number of anilines is 1. The maximum absolute atomic E-state index is 5.75. The minimum absolute atomic E-state index is 0.505. The topological polar surface area (TPSA) is 52.9 Å². The second-order valence-electron chi connectivity index (χ2n) is 5.61. The Balaban J connectivity index is 1.27. The van der Waals surface area contributed by atoms with Crippen molar-refractivity contribution in [3.05, 3.63) is 78.6 Å². The lowest BCUT2D eigenvalue weighted by atomic mass is 10.2. The van der Waals surface area contributed by atoms with Crippen LogP contribution in [0.5, 0.6) is 11.5 Å². The summed E-state index contributed by atoms with van der Waals surface area (Å²) in [6.45, 7) is 2.88. The highest BCUT2D eigenvalue weighted by Gasteiger charge is 1.98. The first-order valence-corrected chi connectivity index (χ1v) is 8.65. The Bertz CT molecular complexity index is 726. The van der Waals surface area contributed by atoms with Crippen LogP contribution in [0.4, 0.5) is 5.88 Å². The number of furan rings is 1. The van der Waals surface area contributed by atoms with E-state index in [9.17, 15) is 0 Å². The molecule has 1 N–H and O–H groups in total. The van der Waals surface area contributed by atoms with Gasteiger partial charge in [-0.15, -0.1) is 0 Å². The van der Waals surface area contributed by atoms with Crippen LogP contribution in [-0.2, 0) is 11.3 Å². The SMILES string of the molecule is c1ccc(COc2ccc(OCCOCCNc3ccco3)cc2)cc1. The van der Waals surface area contributed by atoms with Gasteiger partial charge in [-0.3, -0.25) is 0 Å². The molecule has 0 radical (unpaired) electrons. The summed E-state index contributed by atoms with van der Waals surface area (Å²) in [6.07, 6.45) is 1.63. The zero-order chi connectivity index (χ0) is 17.9. The number of nitrogens with one attached hydrogen (secondary N) is 1. The van der Waals surface area contributed by atoms with Gasteiger partial charge in [-0.25, -0.2) is 0 Å². The minimum Gasteiger partial charge on any atom is -0.491 e. The molecule has 1 heterocycles. The van der Waals surface area contributed by atoms with E-state index in [0.717, 1.165) is 22.9 Å². The van der Waals surface area contributed by atoms with Crippen molar-refractivity contribution in [2.75, 3.05) is 31.7 Å². The summed E-state index contributed by atoms with van der Waals surface area (Å²) in [5, 5.41) is 3.12. The fourth-order valence-electron chi connectivity index (χ4n) is 2.32. The third kappa shape index (κ3) is 6.18. The van der Waals surface area contributed by atoms with Crippen LogP contribution in [0, 0.1) is 0 Å². The predicted octanol–water partition coefficient (Wildman–Crippen LogP) is 4.37. The Hall–Kier alpha value is -2.92. The van der Waals surface area contributed by atoms with E-state index in [1.165, 1.54) is 0 Å². The smallest absolute Gasteiger partial charge is 0.192 e. The fourth-order valence-corrected chi connectivity index (χ4v) is 2.32. The van der Waals surface area contributed by atoms with Crippen LogP contribution in [-0.4, -0.2) is 26.4 Å². The van der Waals surface area contributed by atoms with Gasteiger partial charge in [-0.2, -0.15) is 0 Å². The van der Waals surface area contributed by atoms with E-state index < -0.39 is 0 Å². The molecule has 0 atom stereocenters. The van der Waals surface area contributed by atoms with Crippen LogP contribution in [0.25, 0.3) is 0 Å². The third-order valence-corrected chi connectivity index (χ3v) is 3.64. The van der Waals surface area contributed by atoms with Crippen LogP contribution < -0.4 is 14.8 Å². The van der Waals surface area contributed by atoms with Crippen LogP contribution in [0.15, 0.2) is 77.4 Å². The van der Waals surface area contributed by atoms with Gasteiger partial charge in [0.15, 0.2) is 5.88 Å². The molecule has 0 saturated carbocycles. The summed E-state index contributed by atoms with van der Waals surface area (Å²) in [6, 6.07) is 21.4. The van der Waals surface area contributed by atoms with Gasteiger partial charge in [0.05, 0.1) is 19.5 Å². The molecule has 5 heteroatoms. The molecule has 26 heavy (non-hydrogen) atoms. The molecule has 0 bridgehead atoms. The lowest BCUT2D eigenvalue weighted by Gasteiger charge is -2.09. The van der Waals surface area contributed by atoms with Crippen LogP contribution in [0.3, 0.4) is 0 Å². The molecule has 0 aliphatic rings.